The van der Waals surface area contributed by atoms with Crippen molar-refractivity contribution in [1.29, 1.82) is 0 Å². The van der Waals surface area contributed by atoms with Gasteiger partial charge in [0.15, 0.2) is 0 Å². The highest BCUT2D eigenvalue weighted by Crippen LogP contribution is 2.25. The van der Waals surface area contributed by atoms with Crippen LogP contribution in [0.15, 0.2) is 71.6 Å². The van der Waals surface area contributed by atoms with Crippen molar-refractivity contribution in [3.63, 3.8) is 0 Å². The van der Waals surface area contributed by atoms with Crippen molar-refractivity contribution in [2.75, 3.05) is 10.0 Å². The summed E-state index contributed by atoms with van der Waals surface area (Å²) < 4.78 is 27.9. The van der Waals surface area contributed by atoms with Gasteiger partial charge >= 0.3 is 0 Å². The Morgan fingerprint density at radius 1 is 0.857 bits per heavy atom. The van der Waals surface area contributed by atoms with Crippen molar-refractivity contribution in [2.24, 2.45) is 0 Å². The molecule has 0 aliphatic heterocycles. The number of anilines is 2. The number of aryl methyl sites for hydroxylation is 2. The molecule has 5 nitrogen and oxygen atoms in total. The van der Waals surface area contributed by atoms with Crippen LogP contribution >= 0.6 is 11.6 Å². The van der Waals surface area contributed by atoms with Gasteiger partial charge in [0.2, 0.25) is 0 Å². The van der Waals surface area contributed by atoms with Gasteiger partial charge in [-0.2, -0.15) is 0 Å². The van der Waals surface area contributed by atoms with E-state index in [4.69, 9.17) is 11.6 Å². The van der Waals surface area contributed by atoms with Crippen LogP contribution in [-0.2, 0) is 10.0 Å². The van der Waals surface area contributed by atoms with E-state index in [0.29, 0.717) is 11.4 Å². The molecular formula is C21H19ClN2O3S. The smallest absolute Gasteiger partial charge is 0.263 e. The number of rotatable bonds is 5. The highest BCUT2D eigenvalue weighted by Gasteiger charge is 2.20. The minimum Gasteiger partial charge on any atom is -0.322 e. The molecule has 0 saturated heterocycles. The zero-order valence-corrected chi connectivity index (χ0v) is 16.9. The lowest BCUT2D eigenvalue weighted by Gasteiger charge is -2.12. The van der Waals surface area contributed by atoms with Gasteiger partial charge in [-0.05, 0) is 67.4 Å². The molecule has 0 aliphatic carbocycles. The summed E-state index contributed by atoms with van der Waals surface area (Å²) in [5.41, 5.74) is 3.27. The van der Waals surface area contributed by atoms with E-state index in [9.17, 15) is 13.2 Å². The molecule has 0 aromatic heterocycles. The first kappa shape index (κ1) is 19.9. The Balaban J connectivity index is 1.89. The zero-order chi connectivity index (χ0) is 20.3. The molecular weight excluding hydrogens is 396 g/mol. The molecule has 28 heavy (non-hydrogen) atoms. The molecule has 144 valence electrons. The molecule has 0 aliphatic rings. The third-order valence-electron chi connectivity index (χ3n) is 3.99. The number of halogens is 1. The number of hydrogen-bond acceptors (Lipinski definition) is 3. The predicted octanol–water partition coefficient (Wildman–Crippen LogP) is 5.01. The van der Waals surface area contributed by atoms with Gasteiger partial charge in [-0.1, -0.05) is 35.9 Å². The SMILES string of the molecule is Cc1cc(C)cc(NC(=O)c2ccc(Cl)c(S(=O)(=O)Nc3ccccc3)c2)c1. The summed E-state index contributed by atoms with van der Waals surface area (Å²) in [6.07, 6.45) is 0. The number of amides is 1. The second-order valence-corrected chi connectivity index (χ2v) is 8.51. The average molecular weight is 415 g/mol. The molecule has 2 N–H and O–H groups in total. The van der Waals surface area contributed by atoms with Crippen LogP contribution in [0.2, 0.25) is 5.02 Å². The lowest BCUT2D eigenvalue weighted by atomic mass is 10.1. The molecule has 0 fully saturated rings. The number of para-hydroxylation sites is 1. The number of carbonyl (C=O) groups excluding carboxylic acids is 1. The van der Waals surface area contributed by atoms with Crippen LogP contribution in [0.5, 0.6) is 0 Å². The van der Waals surface area contributed by atoms with E-state index in [1.54, 1.807) is 30.3 Å². The molecule has 3 aromatic carbocycles. The van der Waals surface area contributed by atoms with Gasteiger partial charge < -0.3 is 5.32 Å². The topological polar surface area (TPSA) is 75.3 Å². The van der Waals surface area contributed by atoms with Gasteiger partial charge in [0, 0.05) is 16.9 Å². The first-order valence-electron chi connectivity index (χ1n) is 8.52. The highest BCUT2D eigenvalue weighted by atomic mass is 35.5. The van der Waals surface area contributed by atoms with Crippen molar-refractivity contribution < 1.29 is 13.2 Å². The number of hydrogen-bond donors (Lipinski definition) is 2. The van der Waals surface area contributed by atoms with Crippen LogP contribution in [0.4, 0.5) is 11.4 Å². The number of nitrogens with one attached hydrogen (secondary N) is 2. The van der Waals surface area contributed by atoms with E-state index < -0.39 is 15.9 Å². The summed E-state index contributed by atoms with van der Waals surface area (Å²) in [6, 6.07) is 18.3. The third-order valence-corrected chi connectivity index (χ3v) is 5.85. The molecule has 3 rings (SSSR count). The van der Waals surface area contributed by atoms with Crippen LogP contribution in [0.1, 0.15) is 21.5 Å². The normalized spacial score (nSPS) is 11.1. The minimum atomic E-state index is -3.95. The van der Waals surface area contributed by atoms with E-state index in [0.717, 1.165) is 11.1 Å². The van der Waals surface area contributed by atoms with Crippen LogP contribution in [0.3, 0.4) is 0 Å². The largest absolute Gasteiger partial charge is 0.322 e. The maximum Gasteiger partial charge on any atom is 0.263 e. The van der Waals surface area contributed by atoms with Crippen molar-refractivity contribution in [3.05, 3.63) is 88.4 Å². The van der Waals surface area contributed by atoms with Crippen LogP contribution in [-0.4, -0.2) is 14.3 Å². The van der Waals surface area contributed by atoms with Crippen LogP contribution < -0.4 is 10.0 Å². The zero-order valence-electron chi connectivity index (χ0n) is 15.4. The standard InChI is InChI=1S/C21H19ClN2O3S/c1-14-10-15(2)12-18(11-14)23-21(25)16-8-9-19(22)20(13-16)28(26,27)24-17-6-4-3-5-7-17/h3-13,24H,1-2H3,(H,23,25). The predicted molar refractivity (Wildman–Crippen MR) is 113 cm³/mol. The number of benzene rings is 3. The molecule has 0 saturated carbocycles. The third kappa shape index (κ3) is 4.71. The molecule has 0 heterocycles. The lowest BCUT2D eigenvalue weighted by Crippen LogP contribution is -2.16. The molecule has 0 radical (unpaired) electrons. The molecule has 3 aromatic rings. The Hall–Kier alpha value is -2.83. The summed E-state index contributed by atoms with van der Waals surface area (Å²) in [5, 5.41) is 2.82. The summed E-state index contributed by atoms with van der Waals surface area (Å²) in [7, 11) is -3.95. The maximum absolute atomic E-state index is 12.7. The molecule has 0 bridgehead atoms. The van der Waals surface area contributed by atoms with Crippen molar-refractivity contribution in [3.8, 4) is 0 Å². The van der Waals surface area contributed by atoms with E-state index >= 15 is 0 Å². The summed E-state index contributed by atoms with van der Waals surface area (Å²) >= 11 is 6.10. The molecule has 1 amide bonds. The molecule has 0 atom stereocenters. The summed E-state index contributed by atoms with van der Waals surface area (Å²) in [5.74, 6) is -0.419. The second-order valence-electron chi connectivity index (χ2n) is 6.45. The monoisotopic (exact) mass is 414 g/mol. The van der Waals surface area contributed by atoms with E-state index in [2.05, 4.69) is 10.0 Å². The molecule has 0 spiro atoms. The molecule has 7 heteroatoms. The number of carbonyl (C=O) groups is 1. The first-order valence-corrected chi connectivity index (χ1v) is 10.4. The Kier molecular flexibility index (Phi) is 5.72. The lowest BCUT2D eigenvalue weighted by molar-refractivity contribution is 0.102. The fraction of sp³-hybridized carbons (Fsp3) is 0.0952. The van der Waals surface area contributed by atoms with Crippen molar-refractivity contribution in [2.45, 2.75) is 18.7 Å². The van der Waals surface area contributed by atoms with Crippen molar-refractivity contribution in [1.82, 2.24) is 0 Å². The maximum atomic E-state index is 12.7. The van der Waals surface area contributed by atoms with Crippen molar-refractivity contribution >= 4 is 38.9 Å². The summed E-state index contributed by atoms with van der Waals surface area (Å²) in [4.78, 5) is 12.5. The Morgan fingerprint density at radius 3 is 2.14 bits per heavy atom. The highest BCUT2D eigenvalue weighted by molar-refractivity contribution is 7.92. The van der Waals surface area contributed by atoms with Gasteiger partial charge in [-0.15, -0.1) is 0 Å². The first-order chi connectivity index (χ1) is 13.2. The Labute approximate surface area is 169 Å². The van der Waals surface area contributed by atoms with E-state index in [1.165, 1.54) is 18.2 Å². The van der Waals surface area contributed by atoms with Gasteiger partial charge in [0.05, 0.1) is 5.02 Å². The minimum absolute atomic E-state index is 0.0337. The quantitative estimate of drug-likeness (QED) is 0.616. The van der Waals surface area contributed by atoms with E-state index in [-0.39, 0.29) is 15.5 Å². The fourth-order valence-corrected chi connectivity index (χ4v) is 4.40. The Bertz CT molecular complexity index is 1110. The Morgan fingerprint density at radius 2 is 1.50 bits per heavy atom. The second kappa shape index (κ2) is 8.04. The number of sulfonamides is 1. The average Bonchev–Trinajstić information content (AvgIpc) is 2.61. The van der Waals surface area contributed by atoms with Gasteiger partial charge in [-0.3, -0.25) is 9.52 Å². The summed E-state index contributed by atoms with van der Waals surface area (Å²) in [6.45, 7) is 3.87. The van der Waals surface area contributed by atoms with Gasteiger partial charge in [0.25, 0.3) is 15.9 Å². The van der Waals surface area contributed by atoms with Crippen LogP contribution in [0, 0.1) is 13.8 Å². The van der Waals surface area contributed by atoms with Gasteiger partial charge in [-0.25, -0.2) is 8.42 Å². The van der Waals surface area contributed by atoms with Gasteiger partial charge in [0.1, 0.15) is 4.90 Å². The fourth-order valence-electron chi connectivity index (χ4n) is 2.82. The van der Waals surface area contributed by atoms with E-state index in [1.807, 2.05) is 32.0 Å². The molecule has 0 unspecified atom stereocenters. The van der Waals surface area contributed by atoms with Crippen LogP contribution in [0.25, 0.3) is 0 Å².